The van der Waals surface area contributed by atoms with Crippen LogP contribution in [0.4, 0.5) is 0 Å². The Kier molecular flexibility index (Phi) is 3.91. The summed E-state index contributed by atoms with van der Waals surface area (Å²) in [5.41, 5.74) is 0.627. The predicted molar refractivity (Wildman–Crippen MR) is 84.8 cm³/mol. The second-order valence-electron chi connectivity index (χ2n) is 6.61. The van der Waals surface area contributed by atoms with Crippen LogP contribution in [0.25, 0.3) is 0 Å². The maximum absolute atomic E-state index is 12.7. The van der Waals surface area contributed by atoms with E-state index in [0.29, 0.717) is 31.3 Å². The Labute approximate surface area is 135 Å². The number of ether oxygens (including phenoxy) is 1. The summed E-state index contributed by atoms with van der Waals surface area (Å²) in [5.74, 6) is 2.03. The van der Waals surface area contributed by atoms with Gasteiger partial charge < -0.3 is 19.2 Å². The molecule has 6 heteroatoms. The van der Waals surface area contributed by atoms with Gasteiger partial charge in [-0.1, -0.05) is 0 Å². The minimum absolute atomic E-state index is 0.0265. The largest absolute Gasteiger partial charge is 0.381 e. The van der Waals surface area contributed by atoms with E-state index in [2.05, 4.69) is 14.5 Å². The van der Waals surface area contributed by atoms with Gasteiger partial charge in [0.2, 0.25) is 0 Å². The second-order valence-corrected chi connectivity index (χ2v) is 6.61. The van der Waals surface area contributed by atoms with Crippen LogP contribution in [0.15, 0.2) is 30.7 Å². The quantitative estimate of drug-likeness (QED) is 0.917. The van der Waals surface area contributed by atoms with Crippen LogP contribution in [0.5, 0.6) is 0 Å². The molecule has 1 atom stereocenters. The van der Waals surface area contributed by atoms with Crippen molar-refractivity contribution in [2.24, 2.45) is 11.8 Å². The first-order valence-electron chi connectivity index (χ1n) is 8.30. The SMILES string of the molecule is O=C(c1ccc[nH]1)N1Cc2nccn2CC(COCC2CC2)C1. The van der Waals surface area contributed by atoms with Crippen LogP contribution in [0.2, 0.25) is 0 Å². The Morgan fingerprint density at radius 2 is 2.17 bits per heavy atom. The molecular weight excluding hydrogens is 292 g/mol. The van der Waals surface area contributed by atoms with E-state index in [0.717, 1.165) is 24.9 Å². The van der Waals surface area contributed by atoms with Crippen molar-refractivity contribution in [2.45, 2.75) is 25.9 Å². The highest BCUT2D eigenvalue weighted by Gasteiger charge is 2.28. The number of aromatic nitrogens is 3. The lowest BCUT2D eigenvalue weighted by Gasteiger charge is -2.23. The third-order valence-electron chi connectivity index (χ3n) is 4.59. The van der Waals surface area contributed by atoms with Crippen molar-refractivity contribution >= 4 is 5.91 Å². The predicted octanol–water partition coefficient (Wildman–Crippen LogP) is 1.91. The number of nitrogens with one attached hydrogen (secondary N) is 1. The van der Waals surface area contributed by atoms with E-state index in [-0.39, 0.29) is 5.91 Å². The maximum atomic E-state index is 12.7. The molecule has 1 saturated carbocycles. The van der Waals surface area contributed by atoms with Crippen LogP contribution < -0.4 is 0 Å². The van der Waals surface area contributed by atoms with E-state index < -0.39 is 0 Å². The van der Waals surface area contributed by atoms with Gasteiger partial charge in [0.05, 0.1) is 13.2 Å². The first kappa shape index (κ1) is 14.5. The van der Waals surface area contributed by atoms with E-state index in [9.17, 15) is 4.79 Å². The minimum atomic E-state index is 0.0265. The molecule has 3 heterocycles. The van der Waals surface area contributed by atoms with Crippen LogP contribution in [0.3, 0.4) is 0 Å². The first-order chi connectivity index (χ1) is 11.3. The number of rotatable bonds is 5. The van der Waals surface area contributed by atoms with E-state index in [4.69, 9.17) is 4.74 Å². The van der Waals surface area contributed by atoms with Crippen LogP contribution in [-0.2, 0) is 17.8 Å². The fourth-order valence-corrected chi connectivity index (χ4v) is 3.12. The number of hydrogen-bond acceptors (Lipinski definition) is 3. The van der Waals surface area contributed by atoms with Gasteiger partial charge in [0, 0.05) is 44.2 Å². The standard InChI is InChI=1S/C17H22N4O2/c22-17(15-2-1-5-18-15)21-9-14(12-23-11-13-3-4-13)8-20-7-6-19-16(20)10-21/h1-2,5-7,13-14,18H,3-4,8-12H2. The number of carbonyl (C=O) groups excluding carboxylic acids is 1. The summed E-state index contributed by atoms with van der Waals surface area (Å²) < 4.78 is 8.03. The summed E-state index contributed by atoms with van der Waals surface area (Å²) in [6.45, 7) is 3.66. The number of fused-ring (bicyclic) bond motifs is 1. The molecule has 122 valence electrons. The van der Waals surface area contributed by atoms with Gasteiger partial charge in [-0.05, 0) is 30.9 Å². The molecule has 0 saturated heterocycles. The maximum Gasteiger partial charge on any atom is 0.270 e. The number of aromatic amines is 1. The third kappa shape index (κ3) is 3.32. The summed E-state index contributed by atoms with van der Waals surface area (Å²) >= 11 is 0. The average Bonchev–Trinajstić information content (AvgIpc) is 3.07. The van der Waals surface area contributed by atoms with E-state index in [1.165, 1.54) is 12.8 Å². The third-order valence-corrected chi connectivity index (χ3v) is 4.59. The summed E-state index contributed by atoms with van der Waals surface area (Å²) in [7, 11) is 0. The van der Waals surface area contributed by atoms with Crippen molar-refractivity contribution in [3.63, 3.8) is 0 Å². The molecule has 1 fully saturated rings. The fourth-order valence-electron chi connectivity index (χ4n) is 3.12. The molecule has 0 bridgehead atoms. The first-order valence-corrected chi connectivity index (χ1v) is 8.30. The molecule has 23 heavy (non-hydrogen) atoms. The van der Waals surface area contributed by atoms with Crippen LogP contribution in [0.1, 0.15) is 29.2 Å². The Morgan fingerprint density at radius 3 is 2.96 bits per heavy atom. The summed E-state index contributed by atoms with van der Waals surface area (Å²) in [6.07, 6.45) is 8.18. The van der Waals surface area contributed by atoms with Crippen molar-refractivity contribution in [3.05, 3.63) is 42.2 Å². The van der Waals surface area contributed by atoms with Gasteiger partial charge in [0.15, 0.2) is 0 Å². The molecule has 0 aromatic carbocycles. The molecule has 0 spiro atoms. The molecule has 1 aliphatic heterocycles. The van der Waals surface area contributed by atoms with E-state index in [1.54, 1.807) is 12.4 Å². The second kappa shape index (κ2) is 6.20. The number of carbonyl (C=O) groups is 1. The fraction of sp³-hybridized carbons (Fsp3) is 0.529. The lowest BCUT2D eigenvalue weighted by Crippen LogP contribution is -2.35. The molecule has 1 N–H and O–H groups in total. The molecule has 1 amide bonds. The van der Waals surface area contributed by atoms with Gasteiger partial charge in [-0.25, -0.2) is 4.98 Å². The molecule has 1 unspecified atom stereocenters. The van der Waals surface area contributed by atoms with Gasteiger partial charge in [-0.2, -0.15) is 0 Å². The van der Waals surface area contributed by atoms with Crippen molar-refractivity contribution in [3.8, 4) is 0 Å². The van der Waals surface area contributed by atoms with Crippen LogP contribution in [0, 0.1) is 11.8 Å². The number of imidazole rings is 1. The monoisotopic (exact) mass is 314 g/mol. The molecule has 1 aliphatic carbocycles. The van der Waals surface area contributed by atoms with Gasteiger partial charge in [0.25, 0.3) is 5.91 Å². The number of nitrogens with zero attached hydrogens (tertiary/aromatic N) is 3. The van der Waals surface area contributed by atoms with Crippen LogP contribution in [-0.4, -0.2) is 45.1 Å². The van der Waals surface area contributed by atoms with Crippen molar-refractivity contribution in [1.82, 2.24) is 19.4 Å². The van der Waals surface area contributed by atoms with E-state index >= 15 is 0 Å². The highest BCUT2D eigenvalue weighted by molar-refractivity contribution is 5.92. The number of H-pyrrole nitrogens is 1. The topological polar surface area (TPSA) is 63.2 Å². The lowest BCUT2D eigenvalue weighted by atomic mass is 10.1. The van der Waals surface area contributed by atoms with Gasteiger partial charge in [-0.3, -0.25) is 4.79 Å². The van der Waals surface area contributed by atoms with Gasteiger partial charge in [-0.15, -0.1) is 0 Å². The number of hydrogen-bond donors (Lipinski definition) is 1. The molecule has 6 nitrogen and oxygen atoms in total. The van der Waals surface area contributed by atoms with Crippen LogP contribution >= 0.6 is 0 Å². The molecule has 0 radical (unpaired) electrons. The average molecular weight is 314 g/mol. The zero-order valence-corrected chi connectivity index (χ0v) is 13.1. The summed E-state index contributed by atoms with van der Waals surface area (Å²) in [5, 5.41) is 0. The zero-order valence-electron chi connectivity index (χ0n) is 13.1. The molecule has 2 aromatic rings. The Bertz CT molecular complexity index is 660. The smallest absolute Gasteiger partial charge is 0.270 e. The summed E-state index contributed by atoms with van der Waals surface area (Å²) in [6, 6.07) is 3.67. The molecular formula is C17H22N4O2. The van der Waals surface area contributed by atoms with Crippen molar-refractivity contribution in [1.29, 1.82) is 0 Å². The number of amides is 1. The Hall–Kier alpha value is -2.08. The molecule has 4 rings (SSSR count). The van der Waals surface area contributed by atoms with Crippen molar-refractivity contribution in [2.75, 3.05) is 19.8 Å². The zero-order chi connectivity index (χ0) is 15.6. The van der Waals surface area contributed by atoms with E-state index in [1.807, 2.05) is 23.2 Å². The molecule has 2 aliphatic rings. The highest BCUT2D eigenvalue weighted by Crippen LogP contribution is 2.29. The summed E-state index contributed by atoms with van der Waals surface area (Å²) in [4.78, 5) is 22.0. The normalized spacial score (nSPS) is 21.0. The van der Waals surface area contributed by atoms with Gasteiger partial charge >= 0.3 is 0 Å². The highest BCUT2D eigenvalue weighted by atomic mass is 16.5. The minimum Gasteiger partial charge on any atom is -0.381 e. The lowest BCUT2D eigenvalue weighted by molar-refractivity contribution is 0.0568. The molecule has 2 aromatic heterocycles. The Balaban J connectivity index is 1.48. The van der Waals surface area contributed by atoms with Gasteiger partial charge in [0.1, 0.15) is 11.5 Å². The Morgan fingerprint density at radius 1 is 1.30 bits per heavy atom. The van der Waals surface area contributed by atoms with Crippen molar-refractivity contribution < 1.29 is 9.53 Å².